The monoisotopic (exact) mass is 256 g/mol. The molecule has 2 aromatic rings. The highest BCUT2D eigenvalue weighted by Crippen LogP contribution is 2.15. The molecule has 0 aliphatic carbocycles. The van der Waals surface area contributed by atoms with Gasteiger partial charge in [-0.1, -0.05) is 23.1 Å². The molecule has 0 saturated heterocycles. The van der Waals surface area contributed by atoms with Crippen molar-refractivity contribution in [2.45, 2.75) is 12.1 Å². The highest BCUT2D eigenvalue weighted by atomic mass is 32.2. The Labute approximate surface area is 99.1 Å². The maximum Gasteiger partial charge on any atom is 0.236 e. The van der Waals surface area contributed by atoms with Crippen LogP contribution in [0, 0.1) is 6.92 Å². The molecule has 2 aromatic heterocycles. The lowest BCUT2D eigenvalue weighted by Gasteiger charge is -1.98. The summed E-state index contributed by atoms with van der Waals surface area (Å²) in [5.74, 6) is 0.117. The zero-order valence-corrected chi connectivity index (χ0v) is 9.93. The molecule has 2 rings (SSSR count). The van der Waals surface area contributed by atoms with Gasteiger partial charge in [-0.25, -0.2) is 4.98 Å². The summed E-state index contributed by atoms with van der Waals surface area (Å²) in [5, 5.41) is 18.5. The minimum atomic E-state index is -0.141. The highest BCUT2D eigenvalue weighted by Gasteiger charge is 2.07. The number of rotatable bonds is 4. The van der Waals surface area contributed by atoms with E-state index in [0.717, 1.165) is 5.01 Å². The van der Waals surface area contributed by atoms with E-state index in [1.54, 1.807) is 0 Å². The molecule has 0 unspecified atom stereocenters. The van der Waals surface area contributed by atoms with Gasteiger partial charge in [0.05, 0.1) is 5.75 Å². The number of carbonyl (C=O) groups is 1. The van der Waals surface area contributed by atoms with Gasteiger partial charge in [0.25, 0.3) is 0 Å². The molecule has 0 atom stereocenters. The average molecular weight is 256 g/mol. The average Bonchev–Trinajstić information content (AvgIpc) is 2.87. The van der Waals surface area contributed by atoms with Gasteiger partial charge in [-0.2, -0.15) is 5.10 Å². The molecule has 1 amide bonds. The van der Waals surface area contributed by atoms with Crippen LogP contribution in [0.3, 0.4) is 0 Å². The van der Waals surface area contributed by atoms with Crippen molar-refractivity contribution in [2.24, 2.45) is 0 Å². The molecular weight excluding hydrogens is 248 g/mol. The van der Waals surface area contributed by atoms with Crippen LogP contribution in [0.2, 0.25) is 0 Å². The second-order valence-corrected chi connectivity index (χ2v) is 4.90. The Hall–Kier alpha value is -1.48. The molecular formula is C7H8N6OS2. The van der Waals surface area contributed by atoms with Crippen LogP contribution in [0.15, 0.2) is 11.5 Å². The van der Waals surface area contributed by atoms with Crippen LogP contribution in [-0.2, 0) is 4.79 Å². The second-order valence-electron chi connectivity index (χ2n) is 2.75. The Kier molecular flexibility index (Phi) is 3.47. The van der Waals surface area contributed by atoms with Gasteiger partial charge >= 0.3 is 0 Å². The number of aromatic nitrogens is 5. The predicted octanol–water partition coefficient (Wildman–Crippen LogP) is 0.695. The van der Waals surface area contributed by atoms with Crippen molar-refractivity contribution in [1.82, 2.24) is 25.4 Å². The molecule has 2 N–H and O–H groups in total. The van der Waals surface area contributed by atoms with E-state index in [1.165, 1.54) is 29.4 Å². The Morgan fingerprint density at radius 2 is 2.50 bits per heavy atom. The minimum absolute atomic E-state index is 0.141. The number of aryl methyl sites for hydroxylation is 1. The van der Waals surface area contributed by atoms with Crippen molar-refractivity contribution >= 4 is 34.1 Å². The fraction of sp³-hybridized carbons (Fsp3) is 0.286. The quantitative estimate of drug-likeness (QED) is 0.781. The lowest BCUT2D eigenvalue weighted by molar-refractivity contribution is -0.113. The number of nitrogens with zero attached hydrogens (tertiary/aromatic N) is 4. The normalized spacial score (nSPS) is 10.3. The first kappa shape index (κ1) is 11.0. The van der Waals surface area contributed by atoms with E-state index in [4.69, 9.17) is 0 Å². The zero-order valence-electron chi connectivity index (χ0n) is 8.30. The molecule has 0 aliphatic rings. The lowest BCUT2D eigenvalue weighted by Crippen LogP contribution is -2.13. The van der Waals surface area contributed by atoms with Gasteiger partial charge in [0.15, 0.2) is 5.16 Å². The van der Waals surface area contributed by atoms with E-state index < -0.39 is 0 Å². The molecule has 7 nitrogen and oxygen atoms in total. The third kappa shape index (κ3) is 3.00. The molecule has 0 aliphatic heterocycles. The van der Waals surface area contributed by atoms with Crippen molar-refractivity contribution in [3.8, 4) is 0 Å². The van der Waals surface area contributed by atoms with Gasteiger partial charge < -0.3 is 0 Å². The second kappa shape index (κ2) is 5.03. The molecule has 0 saturated carbocycles. The zero-order chi connectivity index (χ0) is 11.4. The third-order valence-electron chi connectivity index (χ3n) is 1.51. The van der Waals surface area contributed by atoms with E-state index in [2.05, 4.69) is 30.7 Å². The highest BCUT2D eigenvalue weighted by molar-refractivity contribution is 7.99. The smallest absolute Gasteiger partial charge is 0.236 e. The van der Waals surface area contributed by atoms with Gasteiger partial charge in [-0.3, -0.25) is 15.2 Å². The van der Waals surface area contributed by atoms with Gasteiger partial charge in [0.2, 0.25) is 11.0 Å². The number of nitrogens with one attached hydrogen (secondary N) is 2. The standard InChI is InChI=1S/C7H8N6OS2/c1-4-11-13-7(16-4)10-5(14)2-15-6-8-3-9-12-6/h3H,2H2,1H3,(H,8,9,12)(H,10,13,14). The van der Waals surface area contributed by atoms with E-state index >= 15 is 0 Å². The van der Waals surface area contributed by atoms with Crippen molar-refractivity contribution in [3.05, 3.63) is 11.3 Å². The summed E-state index contributed by atoms with van der Waals surface area (Å²) in [7, 11) is 0. The summed E-state index contributed by atoms with van der Waals surface area (Å²) < 4.78 is 0. The van der Waals surface area contributed by atoms with Crippen LogP contribution in [-0.4, -0.2) is 37.0 Å². The first-order chi connectivity index (χ1) is 7.74. The number of hydrogen-bond donors (Lipinski definition) is 2. The maximum atomic E-state index is 11.5. The molecule has 0 radical (unpaired) electrons. The van der Waals surface area contributed by atoms with Crippen LogP contribution in [0.5, 0.6) is 0 Å². The molecule has 0 bridgehead atoms. The van der Waals surface area contributed by atoms with E-state index in [-0.39, 0.29) is 11.7 Å². The number of H-pyrrole nitrogens is 1. The van der Waals surface area contributed by atoms with Crippen molar-refractivity contribution in [3.63, 3.8) is 0 Å². The Morgan fingerprint density at radius 3 is 3.12 bits per heavy atom. The van der Waals surface area contributed by atoms with Crippen molar-refractivity contribution < 1.29 is 4.79 Å². The topological polar surface area (TPSA) is 96.5 Å². The number of anilines is 1. The fourth-order valence-corrected chi connectivity index (χ4v) is 2.09. The summed E-state index contributed by atoms with van der Waals surface area (Å²) in [6, 6.07) is 0. The summed E-state index contributed by atoms with van der Waals surface area (Å²) in [6.07, 6.45) is 1.40. The van der Waals surface area contributed by atoms with Crippen LogP contribution in [0.1, 0.15) is 5.01 Å². The fourth-order valence-electron chi connectivity index (χ4n) is 0.900. The third-order valence-corrected chi connectivity index (χ3v) is 3.14. The summed E-state index contributed by atoms with van der Waals surface area (Å²) in [4.78, 5) is 15.4. The Balaban J connectivity index is 1.81. The minimum Gasteiger partial charge on any atom is -0.300 e. The number of carbonyl (C=O) groups excluding carboxylic acids is 1. The first-order valence-electron chi connectivity index (χ1n) is 4.32. The molecule has 16 heavy (non-hydrogen) atoms. The SMILES string of the molecule is Cc1nnc(NC(=O)CSc2ncn[nH]2)s1. The number of aromatic amines is 1. The number of amides is 1. The maximum absolute atomic E-state index is 11.5. The van der Waals surface area contributed by atoms with Gasteiger partial charge in [-0.05, 0) is 6.92 Å². The van der Waals surface area contributed by atoms with Crippen LogP contribution in [0.25, 0.3) is 0 Å². The van der Waals surface area contributed by atoms with E-state index in [0.29, 0.717) is 10.3 Å². The largest absolute Gasteiger partial charge is 0.300 e. The van der Waals surface area contributed by atoms with Crippen molar-refractivity contribution in [2.75, 3.05) is 11.1 Å². The molecule has 0 aromatic carbocycles. The number of hydrogen-bond acceptors (Lipinski definition) is 7. The summed E-state index contributed by atoms with van der Waals surface area (Å²) in [6.45, 7) is 1.83. The van der Waals surface area contributed by atoms with E-state index in [9.17, 15) is 4.79 Å². The van der Waals surface area contributed by atoms with E-state index in [1.807, 2.05) is 6.92 Å². The Bertz CT molecular complexity index is 467. The Morgan fingerprint density at radius 1 is 1.62 bits per heavy atom. The predicted molar refractivity (Wildman–Crippen MR) is 60.4 cm³/mol. The van der Waals surface area contributed by atoms with Gasteiger partial charge in [0, 0.05) is 0 Å². The molecule has 9 heteroatoms. The summed E-state index contributed by atoms with van der Waals surface area (Å²) in [5.41, 5.74) is 0. The van der Waals surface area contributed by atoms with Crippen LogP contribution in [0.4, 0.5) is 5.13 Å². The number of thioether (sulfide) groups is 1. The first-order valence-corrected chi connectivity index (χ1v) is 6.12. The molecule has 0 spiro atoms. The molecule has 0 fully saturated rings. The lowest BCUT2D eigenvalue weighted by atomic mass is 10.7. The van der Waals surface area contributed by atoms with Crippen LogP contribution < -0.4 is 5.32 Å². The molecule has 84 valence electrons. The van der Waals surface area contributed by atoms with Crippen LogP contribution >= 0.6 is 23.1 Å². The van der Waals surface area contributed by atoms with Gasteiger partial charge in [0.1, 0.15) is 11.3 Å². The summed E-state index contributed by atoms with van der Waals surface area (Å²) >= 11 is 2.62. The van der Waals surface area contributed by atoms with Gasteiger partial charge in [-0.15, -0.1) is 10.2 Å². The molecule has 2 heterocycles. The van der Waals surface area contributed by atoms with Crippen molar-refractivity contribution in [1.29, 1.82) is 0 Å².